The number of halogens is 3. The number of fused-ring (bicyclic) bond motifs is 1. The Morgan fingerprint density at radius 3 is 2.80 bits per heavy atom. The van der Waals surface area contributed by atoms with Gasteiger partial charge in [0.2, 0.25) is 11.6 Å². The highest BCUT2D eigenvalue weighted by atomic mass is 19.4. The fourth-order valence-corrected chi connectivity index (χ4v) is 2.64. The van der Waals surface area contributed by atoms with Gasteiger partial charge < -0.3 is 9.15 Å². The molecule has 3 rings (SSSR count). The van der Waals surface area contributed by atoms with Gasteiger partial charge >= 0.3 is 6.18 Å². The van der Waals surface area contributed by atoms with Crippen LogP contribution in [0.15, 0.2) is 46.6 Å². The Labute approximate surface area is 142 Å². The van der Waals surface area contributed by atoms with E-state index in [2.05, 4.69) is 23.0 Å². The molecule has 0 bridgehead atoms. The number of hydrogen-bond acceptors (Lipinski definition) is 4. The molecule has 1 unspecified atom stereocenters. The fraction of sp³-hybridized carbons (Fsp3) is 0.333. The molecule has 0 spiro atoms. The van der Waals surface area contributed by atoms with Crippen molar-refractivity contribution >= 4 is 16.8 Å². The van der Waals surface area contributed by atoms with Crippen molar-refractivity contribution in [2.24, 2.45) is 5.92 Å². The molecule has 2 aromatic rings. The summed E-state index contributed by atoms with van der Waals surface area (Å²) >= 11 is 0. The standard InChI is InChI=1S/C18H17F3N2O2/c1-3-11-5-4-6-14(12(7-11)10-24-2)16-23-15-8-13(18(19,20)21)9-22-17(15)25-16/h4-9,11H,3,10H2,1-2H3. The third kappa shape index (κ3) is 3.66. The van der Waals surface area contributed by atoms with E-state index in [1.165, 1.54) is 0 Å². The normalized spacial score (nSPS) is 18.2. The summed E-state index contributed by atoms with van der Waals surface area (Å²) in [5.74, 6) is 0.477. The first-order valence-electron chi connectivity index (χ1n) is 7.85. The van der Waals surface area contributed by atoms with Crippen LogP contribution in [0.1, 0.15) is 24.8 Å². The van der Waals surface area contributed by atoms with Gasteiger partial charge in [-0.1, -0.05) is 25.2 Å². The van der Waals surface area contributed by atoms with Crippen molar-refractivity contribution in [3.8, 4) is 0 Å². The first-order valence-corrected chi connectivity index (χ1v) is 7.85. The maximum Gasteiger partial charge on any atom is 0.417 e. The molecule has 2 heterocycles. The lowest BCUT2D eigenvalue weighted by Crippen LogP contribution is -2.04. The molecule has 1 aliphatic carbocycles. The minimum Gasteiger partial charge on any atom is -0.418 e. The summed E-state index contributed by atoms with van der Waals surface area (Å²) < 4.78 is 49.3. The number of rotatable bonds is 4. The summed E-state index contributed by atoms with van der Waals surface area (Å²) in [6.07, 6.45) is 5.03. The van der Waals surface area contributed by atoms with Crippen molar-refractivity contribution in [1.29, 1.82) is 0 Å². The molecule has 0 amide bonds. The van der Waals surface area contributed by atoms with Gasteiger partial charge in [-0.15, -0.1) is 0 Å². The molecule has 0 saturated carbocycles. The SMILES string of the molecule is CCC1C=CC=C(c2nc3cc(C(F)(F)F)cnc3o2)C(COC)=C1. The Balaban J connectivity index is 2.05. The van der Waals surface area contributed by atoms with Crippen LogP contribution in [-0.4, -0.2) is 23.7 Å². The average molecular weight is 350 g/mol. The van der Waals surface area contributed by atoms with Gasteiger partial charge in [-0.05, 0) is 30.1 Å². The molecule has 132 valence electrons. The molecule has 1 atom stereocenters. The second-order valence-electron chi connectivity index (χ2n) is 5.73. The van der Waals surface area contributed by atoms with Gasteiger partial charge in [0.1, 0.15) is 5.52 Å². The summed E-state index contributed by atoms with van der Waals surface area (Å²) in [5, 5.41) is 0. The zero-order valence-electron chi connectivity index (χ0n) is 13.8. The summed E-state index contributed by atoms with van der Waals surface area (Å²) in [6, 6.07) is 0.941. The molecule has 25 heavy (non-hydrogen) atoms. The third-order valence-electron chi connectivity index (χ3n) is 3.96. The Hall–Kier alpha value is -2.41. The molecule has 4 nitrogen and oxygen atoms in total. The van der Waals surface area contributed by atoms with Gasteiger partial charge in [-0.25, -0.2) is 9.97 Å². The summed E-state index contributed by atoms with van der Waals surface area (Å²) in [4.78, 5) is 7.95. The van der Waals surface area contributed by atoms with E-state index < -0.39 is 11.7 Å². The Kier molecular flexibility index (Phi) is 4.76. The predicted molar refractivity (Wildman–Crippen MR) is 87.7 cm³/mol. The van der Waals surface area contributed by atoms with E-state index >= 15 is 0 Å². The van der Waals surface area contributed by atoms with E-state index in [-0.39, 0.29) is 23.0 Å². The van der Waals surface area contributed by atoms with Crippen LogP contribution in [-0.2, 0) is 10.9 Å². The predicted octanol–water partition coefficient (Wildman–Crippen LogP) is 4.79. The van der Waals surface area contributed by atoms with Gasteiger partial charge in [-0.2, -0.15) is 13.2 Å². The van der Waals surface area contributed by atoms with Crippen molar-refractivity contribution in [2.45, 2.75) is 19.5 Å². The van der Waals surface area contributed by atoms with E-state index in [0.29, 0.717) is 12.2 Å². The van der Waals surface area contributed by atoms with Crippen molar-refractivity contribution < 1.29 is 22.3 Å². The lowest BCUT2D eigenvalue weighted by Gasteiger charge is -2.09. The van der Waals surface area contributed by atoms with E-state index in [4.69, 9.17) is 9.15 Å². The molecule has 1 aliphatic rings. The lowest BCUT2D eigenvalue weighted by molar-refractivity contribution is -0.137. The average Bonchev–Trinajstić information content (AvgIpc) is 2.88. The fourth-order valence-electron chi connectivity index (χ4n) is 2.64. The summed E-state index contributed by atoms with van der Waals surface area (Å²) in [5.41, 5.74) is 0.847. The van der Waals surface area contributed by atoms with Crippen LogP contribution in [0.4, 0.5) is 13.2 Å². The van der Waals surface area contributed by atoms with Crippen molar-refractivity contribution in [3.63, 3.8) is 0 Å². The number of methoxy groups -OCH3 is 1. The lowest BCUT2D eigenvalue weighted by atomic mass is 10.0. The minimum atomic E-state index is -4.47. The van der Waals surface area contributed by atoms with Gasteiger partial charge in [0, 0.05) is 18.9 Å². The van der Waals surface area contributed by atoms with Crippen molar-refractivity contribution in [1.82, 2.24) is 9.97 Å². The van der Waals surface area contributed by atoms with Crippen molar-refractivity contribution in [3.05, 3.63) is 53.6 Å². The van der Waals surface area contributed by atoms with E-state index in [9.17, 15) is 13.2 Å². The largest absolute Gasteiger partial charge is 0.418 e. The first kappa shape index (κ1) is 17.4. The van der Waals surface area contributed by atoms with Gasteiger partial charge in [0.25, 0.3) is 0 Å². The zero-order valence-corrected chi connectivity index (χ0v) is 13.8. The van der Waals surface area contributed by atoms with Crippen molar-refractivity contribution in [2.75, 3.05) is 13.7 Å². The number of ether oxygens (including phenoxy) is 1. The quantitative estimate of drug-likeness (QED) is 0.795. The first-order chi connectivity index (χ1) is 11.9. The topological polar surface area (TPSA) is 48.2 Å². The molecule has 0 aromatic carbocycles. The Morgan fingerprint density at radius 2 is 2.12 bits per heavy atom. The highest BCUT2D eigenvalue weighted by molar-refractivity contribution is 5.80. The maximum absolute atomic E-state index is 12.8. The van der Waals surface area contributed by atoms with Gasteiger partial charge in [0.15, 0.2) is 0 Å². The van der Waals surface area contributed by atoms with Crippen LogP contribution in [0.25, 0.3) is 16.8 Å². The molecular formula is C18H17F3N2O2. The van der Waals surface area contributed by atoms with Crippen LogP contribution < -0.4 is 0 Å². The van der Waals surface area contributed by atoms with E-state index in [1.54, 1.807) is 7.11 Å². The molecule has 0 saturated heterocycles. The van der Waals surface area contributed by atoms with Gasteiger partial charge in [0.05, 0.1) is 12.2 Å². The van der Waals surface area contributed by atoms with Crippen LogP contribution >= 0.6 is 0 Å². The number of nitrogens with zero attached hydrogens (tertiary/aromatic N) is 2. The summed E-state index contributed by atoms with van der Waals surface area (Å²) in [7, 11) is 1.58. The highest BCUT2D eigenvalue weighted by Gasteiger charge is 2.32. The van der Waals surface area contributed by atoms with E-state index in [1.807, 2.05) is 18.2 Å². The van der Waals surface area contributed by atoms with E-state index in [0.717, 1.165) is 24.3 Å². The maximum atomic E-state index is 12.8. The second kappa shape index (κ2) is 6.84. The zero-order chi connectivity index (χ0) is 18.0. The highest BCUT2D eigenvalue weighted by Crippen LogP contribution is 2.33. The molecular weight excluding hydrogens is 333 g/mol. The second-order valence-corrected chi connectivity index (χ2v) is 5.73. The van der Waals surface area contributed by atoms with Crippen LogP contribution in [0, 0.1) is 5.92 Å². The Bertz CT molecular complexity index is 863. The number of alkyl halides is 3. The van der Waals surface area contributed by atoms with Gasteiger partial charge in [-0.3, -0.25) is 0 Å². The third-order valence-corrected chi connectivity index (χ3v) is 3.96. The number of allylic oxidation sites excluding steroid dienone is 4. The monoisotopic (exact) mass is 350 g/mol. The minimum absolute atomic E-state index is 0.0703. The number of oxazole rings is 1. The van der Waals surface area contributed by atoms with Crippen LogP contribution in [0.5, 0.6) is 0 Å². The summed E-state index contributed by atoms with van der Waals surface area (Å²) in [6.45, 7) is 2.42. The molecule has 0 N–H and O–H groups in total. The number of aromatic nitrogens is 2. The smallest absolute Gasteiger partial charge is 0.417 e. The molecule has 2 aromatic heterocycles. The van der Waals surface area contributed by atoms with Crippen LogP contribution in [0.3, 0.4) is 0 Å². The van der Waals surface area contributed by atoms with Crippen LogP contribution in [0.2, 0.25) is 0 Å². The number of hydrogen-bond donors (Lipinski definition) is 0. The molecule has 0 aliphatic heterocycles. The Morgan fingerprint density at radius 1 is 1.32 bits per heavy atom. The molecule has 7 heteroatoms. The number of pyridine rings is 1. The molecule has 0 fully saturated rings. The molecule has 0 radical (unpaired) electrons.